The predicted molar refractivity (Wildman–Crippen MR) is 102 cm³/mol. The van der Waals surface area contributed by atoms with E-state index in [1.807, 2.05) is 6.08 Å². The summed E-state index contributed by atoms with van der Waals surface area (Å²) in [4.78, 5) is 26.7. The van der Waals surface area contributed by atoms with Crippen molar-refractivity contribution in [2.24, 2.45) is 0 Å². The van der Waals surface area contributed by atoms with Gasteiger partial charge in [0.05, 0.1) is 10.6 Å². The molecule has 0 N–H and O–H groups in total. The number of amides is 2. The Morgan fingerprint density at radius 2 is 1.96 bits per heavy atom. The second kappa shape index (κ2) is 6.07. The molecule has 2 fully saturated rings. The van der Waals surface area contributed by atoms with E-state index in [0.717, 1.165) is 23.0 Å². The quantitative estimate of drug-likeness (QED) is 0.683. The highest BCUT2D eigenvalue weighted by Gasteiger charge is 2.36. The van der Waals surface area contributed by atoms with Crippen molar-refractivity contribution >= 4 is 46.3 Å². The zero-order valence-corrected chi connectivity index (χ0v) is 15.5. The highest BCUT2D eigenvalue weighted by molar-refractivity contribution is 8.19. The summed E-state index contributed by atoms with van der Waals surface area (Å²) in [7, 11) is 0. The second-order valence-electron chi connectivity index (χ2n) is 6.42. The summed E-state index contributed by atoms with van der Waals surface area (Å²) in [5.74, 6) is -0.298. The van der Waals surface area contributed by atoms with Crippen LogP contribution in [0.3, 0.4) is 0 Å². The minimum atomic E-state index is -0.298. The molecule has 1 aliphatic heterocycles. The van der Waals surface area contributed by atoms with Gasteiger partial charge in [-0.2, -0.15) is 0 Å². The zero-order chi connectivity index (χ0) is 17.7. The van der Waals surface area contributed by atoms with Crippen molar-refractivity contribution in [3.05, 3.63) is 57.2 Å². The van der Waals surface area contributed by atoms with Gasteiger partial charge in [-0.15, -0.1) is 0 Å². The molecule has 0 spiro atoms. The van der Waals surface area contributed by atoms with Crippen LogP contribution < -0.4 is 4.90 Å². The Hall–Kier alpha value is -1.98. The van der Waals surface area contributed by atoms with Gasteiger partial charge in [0.15, 0.2) is 0 Å². The van der Waals surface area contributed by atoms with Crippen LogP contribution in [0, 0.1) is 13.8 Å². The maximum Gasteiger partial charge on any atom is 0.298 e. The molecule has 2 aliphatic rings. The lowest BCUT2D eigenvalue weighted by Gasteiger charge is -2.12. The third-order valence-electron chi connectivity index (χ3n) is 4.58. The van der Waals surface area contributed by atoms with Crippen LogP contribution >= 0.6 is 23.4 Å². The molecule has 2 amide bonds. The number of carbonyl (C=O) groups excluding carboxylic acids is 2. The Kier molecular flexibility index (Phi) is 4.01. The molecule has 4 rings (SSSR count). The van der Waals surface area contributed by atoms with Crippen molar-refractivity contribution in [1.29, 1.82) is 0 Å². The maximum atomic E-state index is 12.7. The fraction of sp³-hybridized carbons (Fsp3) is 0.263. The van der Waals surface area contributed by atoms with E-state index in [0.29, 0.717) is 21.7 Å². The molecule has 1 aliphatic carbocycles. The van der Waals surface area contributed by atoms with Crippen LogP contribution in [0.4, 0.5) is 10.5 Å². The molecule has 2 heterocycles. The lowest BCUT2D eigenvalue weighted by molar-refractivity contribution is -0.113. The van der Waals surface area contributed by atoms with Gasteiger partial charge in [-0.1, -0.05) is 17.7 Å². The van der Waals surface area contributed by atoms with Crippen LogP contribution in [0.15, 0.2) is 35.2 Å². The number of imide groups is 1. The zero-order valence-electron chi connectivity index (χ0n) is 14.0. The van der Waals surface area contributed by atoms with Crippen molar-refractivity contribution < 1.29 is 9.59 Å². The molecule has 1 saturated heterocycles. The molecule has 0 radical (unpaired) electrons. The van der Waals surface area contributed by atoms with Crippen molar-refractivity contribution in [3.8, 4) is 0 Å². The number of thioether (sulfide) groups is 1. The van der Waals surface area contributed by atoms with Gasteiger partial charge in [-0.05, 0) is 74.4 Å². The number of hydrogen-bond donors (Lipinski definition) is 0. The average Bonchev–Trinajstić information content (AvgIpc) is 3.28. The van der Waals surface area contributed by atoms with Gasteiger partial charge in [0.2, 0.25) is 0 Å². The molecule has 6 heteroatoms. The summed E-state index contributed by atoms with van der Waals surface area (Å²) in [5, 5.41) is 0.197. The molecule has 128 valence electrons. The molecular weight excluding hydrogens is 356 g/mol. The normalized spacial score (nSPS) is 19.3. The first-order chi connectivity index (χ1) is 12.0. The molecule has 1 aromatic carbocycles. The minimum Gasteiger partial charge on any atom is -0.346 e. The van der Waals surface area contributed by atoms with E-state index >= 15 is 0 Å². The Labute approximate surface area is 155 Å². The SMILES string of the molecule is Cc1cc(/C=C2\SC(=O)N(c3cccc(Cl)c3)C2=O)c(C)n1C1CC1. The third-order valence-corrected chi connectivity index (χ3v) is 5.69. The highest BCUT2D eigenvalue weighted by Crippen LogP contribution is 2.40. The Balaban J connectivity index is 1.68. The first-order valence-corrected chi connectivity index (χ1v) is 9.37. The monoisotopic (exact) mass is 372 g/mol. The van der Waals surface area contributed by atoms with Crippen molar-refractivity contribution in [3.63, 3.8) is 0 Å². The first kappa shape index (κ1) is 16.5. The van der Waals surface area contributed by atoms with E-state index in [9.17, 15) is 9.59 Å². The van der Waals surface area contributed by atoms with Gasteiger partial charge < -0.3 is 4.57 Å². The van der Waals surface area contributed by atoms with Crippen LogP contribution in [-0.2, 0) is 4.79 Å². The van der Waals surface area contributed by atoms with Crippen LogP contribution in [-0.4, -0.2) is 15.7 Å². The number of halogens is 1. The second-order valence-corrected chi connectivity index (χ2v) is 7.85. The van der Waals surface area contributed by atoms with Gasteiger partial charge in [-0.25, -0.2) is 4.90 Å². The topological polar surface area (TPSA) is 42.3 Å². The summed E-state index contributed by atoms with van der Waals surface area (Å²) in [6.07, 6.45) is 4.25. The largest absolute Gasteiger partial charge is 0.346 e. The molecule has 1 aromatic heterocycles. The number of nitrogens with zero attached hydrogens (tertiary/aromatic N) is 2. The molecule has 25 heavy (non-hydrogen) atoms. The lowest BCUT2D eigenvalue weighted by atomic mass is 10.2. The van der Waals surface area contributed by atoms with Crippen molar-refractivity contribution in [2.45, 2.75) is 32.7 Å². The minimum absolute atomic E-state index is 0.297. The van der Waals surface area contributed by atoms with E-state index in [4.69, 9.17) is 11.6 Å². The van der Waals surface area contributed by atoms with E-state index in [1.165, 1.54) is 23.4 Å². The molecule has 1 saturated carbocycles. The molecule has 0 unspecified atom stereocenters. The van der Waals surface area contributed by atoms with E-state index < -0.39 is 0 Å². The maximum absolute atomic E-state index is 12.7. The molecule has 4 nitrogen and oxygen atoms in total. The fourth-order valence-electron chi connectivity index (χ4n) is 3.29. The number of aryl methyl sites for hydroxylation is 1. The molecule has 0 bridgehead atoms. The van der Waals surface area contributed by atoms with Gasteiger partial charge in [0, 0.05) is 22.5 Å². The average molecular weight is 373 g/mol. The highest BCUT2D eigenvalue weighted by atomic mass is 35.5. The van der Waals surface area contributed by atoms with Crippen LogP contribution in [0.5, 0.6) is 0 Å². The van der Waals surface area contributed by atoms with Gasteiger partial charge >= 0.3 is 0 Å². The van der Waals surface area contributed by atoms with Gasteiger partial charge in [-0.3, -0.25) is 9.59 Å². The van der Waals surface area contributed by atoms with E-state index in [1.54, 1.807) is 24.3 Å². The predicted octanol–water partition coefficient (Wildman–Crippen LogP) is 5.33. The molecule has 0 atom stereocenters. The van der Waals surface area contributed by atoms with E-state index in [2.05, 4.69) is 24.5 Å². The van der Waals surface area contributed by atoms with E-state index in [-0.39, 0.29) is 11.1 Å². The van der Waals surface area contributed by atoms with Crippen LogP contribution in [0.1, 0.15) is 35.8 Å². The van der Waals surface area contributed by atoms with Gasteiger partial charge in [0.1, 0.15) is 0 Å². The van der Waals surface area contributed by atoms with Crippen LogP contribution in [0.2, 0.25) is 5.02 Å². The Morgan fingerprint density at radius 3 is 2.64 bits per heavy atom. The summed E-state index contributed by atoms with van der Waals surface area (Å²) in [6.45, 7) is 4.15. The standard InChI is InChI=1S/C19H17ClN2O2S/c1-11-8-13(12(2)21(11)15-6-7-15)9-17-18(23)22(19(24)25-17)16-5-3-4-14(20)10-16/h3-5,8-10,15H,6-7H2,1-2H3/b17-9-. The Morgan fingerprint density at radius 1 is 1.20 bits per heavy atom. The number of aromatic nitrogens is 1. The number of carbonyl (C=O) groups is 2. The number of rotatable bonds is 3. The first-order valence-electron chi connectivity index (χ1n) is 8.17. The van der Waals surface area contributed by atoms with Gasteiger partial charge in [0.25, 0.3) is 11.1 Å². The number of benzene rings is 1. The molecule has 2 aromatic rings. The summed E-state index contributed by atoms with van der Waals surface area (Å²) < 4.78 is 2.33. The van der Waals surface area contributed by atoms with Crippen LogP contribution in [0.25, 0.3) is 6.08 Å². The molecular formula is C19H17ClN2O2S. The number of anilines is 1. The summed E-state index contributed by atoms with van der Waals surface area (Å²) in [5.41, 5.74) is 3.85. The smallest absolute Gasteiger partial charge is 0.298 e. The lowest BCUT2D eigenvalue weighted by Crippen LogP contribution is -2.27. The Bertz CT molecular complexity index is 928. The summed E-state index contributed by atoms with van der Waals surface area (Å²) in [6, 6.07) is 9.45. The summed E-state index contributed by atoms with van der Waals surface area (Å²) >= 11 is 6.96. The van der Waals surface area contributed by atoms with Crippen molar-refractivity contribution in [1.82, 2.24) is 4.57 Å². The number of hydrogen-bond acceptors (Lipinski definition) is 3. The fourth-order valence-corrected chi connectivity index (χ4v) is 4.31. The van der Waals surface area contributed by atoms with Crippen molar-refractivity contribution in [2.75, 3.05) is 4.90 Å². The third kappa shape index (κ3) is 2.92.